The highest BCUT2D eigenvalue weighted by atomic mass is 19.3. The van der Waals surface area contributed by atoms with Gasteiger partial charge in [0, 0.05) is 23.5 Å². The maximum absolute atomic E-state index is 15.2. The third-order valence-corrected chi connectivity index (χ3v) is 7.49. The molecule has 5 rings (SSSR count). The van der Waals surface area contributed by atoms with Crippen LogP contribution < -0.4 is 9.47 Å². The van der Waals surface area contributed by atoms with Gasteiger partial charge in [-0.25, -0.2) is 8.78 Å². The summed E-state index contributed by atoms with van der Waals surface area (Å²) >= 11 is 0. The molecule has 0 aromatic heterocycles. The highest BCUT2D eigenvalue weighted by Gasteiger charge is 2.41. The van der Waals surface area contributed by atoms with Crippen molar-refractivity contribution in [2.45, 2.75) is 76.9 Å². The van der Waals surface area contributed by atoms with Crippen molar-refractivity contribution in [3.05, 3.63) is 87.7 Å². The van der Waals surface area contributed by atoms with Crippen LogP contribution in [-0.4, -0.2) is 12.7 Å². The molecule has 0 aliphatic carbocycles. The van der Waals surface area contributed by atoms with Crippen LogP contribution in [0.2, 0.25) is 0 Å². The Morgan fingerprint density at radius 2 is 1.62 bits per heavy atom. The summed E-state index contributed by atoms with van der Waals surface area (Å²) in [5.41, 5.74) is 0.429. The van der Waals surface area contributed by atoms with E-state index in [2.05, 4.69) is 6.92 Å². The fourth-order valence-corrected chi connectivity index (χ4v) is 5.40. The van der Waals surface area contributed by atoms with E-state index >= 15 is 8.78 Å². The third kappa shape index (κ3) is 5.49. The number of hydrogen-bond donors (Lipinski definition) is 0. The van der Waals surface area contributed by atoms with Crippen LogP contribution in [0.1, 0.15) is 79.7 Å². The van der Waals surface area contributed by atoms with Gasteiger partial charge in [-0.3, -0.25) is 0 Å². The number of ether oxygens (including phenoxy) is 3. The minimum Gasteiger partial charge on any atom is -0.450 e. The van der Waals surface area contributed by atoms with Crippen molar-refractivity contribution in [1.29, 1.82) is 0 Å². The normalized spacial score (nSPS) is 18.7. The van der Waals surface area contributed by atoms with Gasteiger partial charge in [0.15, 0.2) is 23.1 Å². The molecule has 0 N–H and O–H groups in total. The Bertz CT molecular complexity index is 1330. The number of hydrogen-bond acceptors (Lipinski definition) is 3. The SMILES string of the molecule is CCCc1ccc2c(c1F)Oc1c(cc(C(F)(F)Oc3ccc(C4CCC(CCC)OC4)cc3)c(F)c1F)C2. The first-order valence-electron chi connectivity index (χ1n) is 13.5. The molecular formula is C31H31F5O3. The second-order valence-corrected chi connectivity index (χ2v) is 10.3. The van der Waals surface area contributed by atoms with E-state index in [9.17, 15) is 13.2 Å². The molecular weight excluding hydrogens is 515 g/mol. The van der Waals surface area contributed by atoms with Gasteiger partial charge >= 0.3 is 6.11 Å². The molecule has 1 saturated heterocycles. The number of fused-ring (bicyclic) bond motifs is 2. The summed E-state index contributed by atoms with van der Waals surface area (Å²) in [5.74, 6) is -4.88. The first kappa shape index (κ1) is 27.4. The Balaban J connectivity index is 1.34. The predicted octanol–water partition coefficient (Wildman–Crippen LogP) is 8.94. The summed E-state index contributed by atoms with van der Waals surface area (Å²) in [6.07, 6.45) is 1.09. The van der Waals surface area contributed by atoms with E-state index in [0.717, 1.165) is 37.3 Å². The van der Waals surface area contributed by atoms with Crippen LogP contribution in [0.3, 0.4) is 0 Å². The second-order valence-electron chi connectivity index (χ2n) is 10.3. The predicted molar refractivity (Wildman–Crippen MR) is 137 cm³/mol. The van der Waals surface area contributed by atoms with Crippen LogP contribution in [0.4, 0.5) is 22.0 Å². The Morgan fingerprint density at radius 1 is 0.872 bits per heavy atom. The van der Waals surface area contributed by atoms with Crippen LogP contribution in [-0.2, 0) is 23.7 Å². The zero-order valence-electron chi connectivity index (χ0n) is 22.0. The van der Waals surface area contributed by atoms with Crippen molar-refractivity contribution in [3.63, 3.8) is 0 Å². The van der Waals surface area contributed by atoms with E-state index in [4.69, 9.17) is 14.2 Å². The Labute approximate surface area is 224 Å². The summed E-state index contributed by atoms with van der Waals surface area (Å²) in [7, 11) is 0. The fraction of sp³-hybridized carbons (Fsp3) is 0.419. The quantitative estimate of drug-likeness (QED) is 0.207. The monoisotopic (exact) mass is 546 g/mol. The van der Waals surface area contributed by atoms with Gasteiger partial charge in [-0.15, -0.1) is 0 Å². The van der Waals surface area contributed by atoms with Gasteiger partial charge in [-0.1, -0.05) is 51.0 Å². The molecule has 0 bridgehead atoms. The van der Waals surface area contributed by atoms with Crippen LogP contribution in [0.15, 0.2) is 42.5 Å². The Kier molecular flexibility index (Phi) is 7.85. The van der Waals surface area contributed by atoms with Crippen LogP contribution >= 0.6 is 0 Å². The lowest BCUT2D eigenvalue weighted by Crippen LogP contribution is -2.25. The topological polar surface area (TPSA) is 27.7 Å². The highest BCUT2D eigenvalue weighted by molar-refractivity contribution is 5.54. The molecule has 3 aromatic rings. The van der Waals surface area contributed by atoms with E-state index in [1.807, 2.05) is 6.92 Å². The molecule has 1 fully saturated rings. The zero-order valence-corrected chi connectivity index (χ0v) is 22.0. The van der Waals surface area contributed by atoms with Crippen LogP contribution in [0, 0.1) is 17.5 Å². The average Bonchev–Trinajstić information content (AvgIpc) is 2.92. The first-order chi connectivity index (χ1) is 18.7. The molecule has 2 heterocycles. The largest absolute Gasteiger partial charge is 0.450 e. The Hall–Kier alpha value is -3.13. The van der Waals surface area contributed by atoms with E-state index < -0.39 is 34.9 Å². The number of aryl methyl sites for hydroxylation is 1. The second kappa shape index (κ2) is 11.2. The standard InChI is InChI=1S/C31H31F5O3/c1-3-5-19-7-8-20-15-22-16-25(27(33)28(34)30(22)38-29(20)26(19)32)31(35,36)39-24-13-9-18(10-14-24)21-11-12-23(6-4-2)37-17-21/h7-10,13-14,16,21,23H,3-6,11-12,15,17H2,1-2H3. The molecule has 2 atom stereocenters. The molecule has 8 heteroatoms. The molecule has 2 unspecified atom stereocenters. The molecule has 3 aromatic carbocycles. The van der Waals surface area contributed by atoms with Gasteiger partial charge in [0.05, 0.1) is 12.7 Å². The zero-order chi connectivity index (χ0) is 27.7. The molecule has 39 heavy (non-hydrogen) atoms. The molecule has 208 valence electrons. The minimum atomic E-state index is -4.17. The maximum Gasteiger partial charge on any atom is 0.429 e. The lowest BCUT2D eigenvalue weighted by Gasteiger charge is -2.29. The van der Waals surface area contributed by atoms with Crippen molar-refractivity contribution in [1.82, 2.24) is 0 Å². The third-order valence-electron chi connectivity index (χ3n) is 7.49. The number of halogens is 5. The number of alkyl halides is 2. The van der Waals surface area contributed by atoms with Crippen molar-refractivity contribution < 1.29 is 36.2 Å². The molecule has 0 radical (unpaired) electrons. The van der Waals surface area contributed by atoms with Gasteiger partial charge in [0.1, 0.15) is 11.3 Å². The van der Waals surface area contributed by atoms with Crippen molar-refractivity contribution in [2.24, 2.45) is 0 Å². The van der Waals surface area contributed by atoms with Crippen molar-refractivity contribution in [2.75, 3.05) is 6.61 Å². The molecule has 2 aliphatic heterocycles. The average molecular weight is 547 g/mol. The number of rotatable bonds is 8. The first-order valence-corrected chi connectivity index (χ1v) is 13.5. The lowest BCUT2D eigenvalue weighted by molar-refractivity contribution is -0.187. The van der Waals surface area contributed by atoms with E-state index in [-0.39, 0.29) is 35.5 Å². The lowest BCUT2D eigenvalue weighted by atomic mass is 9.90. The van der Waals surface area contributed by atoms with E-state index in [1.54, 1.807) is 24.3 Å². The highest BCUT2D eigenvalue weighted by Crippen LogP contribution is 2.45. The summed E-state index contributed by atoms with van der Waals surface area (Å²) in [4.78, 5) is 0. The molecule has 0 saturated carbocycles. The molecule has 0 amide bonds. The van der Waals surface area contributed by atoms with Crippen LogP contribution in [0.5, 0.6) is 17.2 Å². The number of benzene rings is 3. The summed E-state index contributed by atoms with van der Waals surface area (Å²) in [5, 5.41) is 0. The van der Waals surface area contributed by atoms with Gasteiger partial charge in [-0.2, -0.15) is 13.2 Å². The fourth-order valence-electron chi connectivity index (χ4n) is 5.40. The minimum absolute atomic E-state index is 0.0173. The summed E-state index contributed by atoms with van der Waals surface area (Å²) in [6.45, 7) is 4.57. The van der Waals surface area contributed by atoms with Crippen LogP contribution in [0.25, 0.3) is 0 Å². The summed E-state index contributed by atoms with van der Waals surface area (Å²) < 4.78 is 91.3. The van der Waals surface area contributed by atoms with Gasteiger partial charge in [0.25, 0.3) is 0 Å². The van der Waals surface area contributed by atoms with E-state index in [0.29, 0.717) is 30.6 Å². The van der Waals surface area contributed by atoms with Crippen molar-refractivity contribution in [3.8, 4) is 17.2 Å². The van der Waals surface area contributed by atoms with Crippen molar-refractivity contribution >= 4 is 0 Å². The molecule has 0 spiro atoms. The van der Waals surface area contributed by atoms with Gasteiger partial charge < -0.3 is 14.2 Å². The van der Waals surface area contributed by atoms with Gasteiger partial charge in [0.2, 0.25) is 5.82 Å². The maximum atomic E-state index is 15.2. The summed E-state index contributed by atoms with van der Waals surface area (Å²) in [6, 6.07) is 10.2. The van der Waals surface area contributed by atoms with Gasteiger partial charge in [-0.05, 0) is 55.0 Å². The molecule has 3 nitrogen and oxygen atoms in total. The molecule has 2 aliphatic rings. The smallest absolute Gasteiger partial charge is 0.429 e. The Morgan fingerprint density at radius 3 is 2.28 bits per heavy atom. The van der Waals surface area contributed by atoms with E-state index in [1.165, 1.54) is 12.1 Å².